The maximum Gasteiger partial charge on any atom is 0.275 e. The van der Waals surface area contributed by atoms with Gasteiger partial charge >= 0.3 is 0 Å². The Morgan fingerprint density at radius 1 is 1.41 bits per heavy atom. The van der Waals surface area contributed by atoms with E-state index in [1.807, 2.05) is 29.6 Å². The zero-order chi connectivity index (χ0) is 15.4. The average molecular weight is 382 g/mol. The second kappa shape index (κ2) is 7.32. The minimum Gasteiger partial charge on any atom is -0.379 e. The Morgan fingerprint density at radius 3 is 3.00 bits per heavy atom. The molecule has 116 valence electrons. The van der Waals surface area contributed by atoms with Crippen LogP contribution in [0.3, 0.4) is 0 Å². The summed E-state index contributed by atoms with van der Waals surface area (Å²) in [6.07, 6.45) is 0. The first-order valence-electron chi connectivity index (χ1n) is 7.02. The number of hydrogen-bond acceptors (Lipinski definition) is 5. The lowest BCUT2D eigenvalue weighted by Gasteiger charge is -2.25. The van der Waals surface area contributed by atoms with E-state index in [0.717, 1.165) is 48.0 Å². The van der Waals surface area contributed by atoms with Gasteiger partial charge in [0.2, 0.25) is 0 Å². The summed E-state index contributed by atoms with van der Waals surface area (Å²) in [4.78, 5) is 18.9. The molecule has 0 saturated carbocycles. The molecule has 1 saturated heterocycles. The molecule has 0 radical (unpaired) electrons. The van der Waals surface area contributed by atoms with Crippen LogP contribution < -0.4 is 5.32 Å². The molecule has 1 aliphatic heterocycles. The summed E-state index contributed by atoms with van der Waals surface area (Å²) in [6.45, 7) is 4.14. The second-order valence-electron chi connectivity index (χ2n) is 4.98. The van der Waals surface area contributed by atoms with Crippen molar-refractivity contribution in [1.29, 1.82) is 0 Å². The number of hydrogen-bond donors (Lipinski definition) is 1. The highest BCUT2D eigenvalue weighted by molar-refractivity contribution is 9.10. The minimum absolute atomic E-state index is 0.178. The van der Waals surface area contributed by atoms with Gasteiger partial charge in [0.25, 0.3) is 5.91 Å². The Labute approximate surface area is 141 Å². The number of carbonyl (C=O) groups is 1. The molecule has 1 amide bonds. The van der Waals surface area contributed by atoms with Crippen molar-refractivity contribution in [3.05, 3.63) is 44.8 Å². The zero-order valence-corrected chi connectivity index (χ0v) is 14.3. The smallest absolute Gasteiger partial charge is 0.275 e. The monoisotopic (exact) mass is 381 g/mol. The lowest BCUT2D eigenvalue weighted by molar-refractivity contribution is 0.0341. The summed E-state index contributed by atoms with van der Waals surface area (Å²) >= 11 is 4.91. The molecular formula is C15H16BrN3O2S. The van der Waals surface area contributed by atoms with Crippen LogP contribution in [0.5, 0.6) is 0 Å². The number of nitrogens with one attached hydrogen (secondary N) is 1. The number of amides is 1. The lowest BCUT2D eigenvalue weighted by Crippen LogP contribution is -2.35. The Bertz CT molecular complexity index is 656. The van der Waals surface area contributed by atoms with Gasteiger partial charge in [0.1, 0.15) is 10.7 Å². The van der Waals surface area contributed by atoms with Crippen molar-refractivity contribution in [3.63, 3.8) is 0 Å². The third kappa shape index (κ3) is 4.13. The fourth-order valence-corrected chi connectivity index (χ4v) is 3.41. The molecule has 22 heavy (non-hydrogen) atoms. The highest BCUT2D eigenvalue weighted by atomic mass is 79.9. The number of nitrogens with zero attached hydrogens (tertiary/aromatic N) is 2. The van der Waals surface area contributed by atoms with Gasteiger partial charge in [-0.25, -0.2) is 4.98 Å². The highest BCUT2D eigenvalue weighted by Gasteiger charge is 2.15. The van der Waals surface area contributed by atoms with Crippen LogP contribution in [-0.4, -0.2) is 42.1 Å². The molecule has 0 aliphatic carbocycles. The van der Waals surface area contributed by atoms with Crippen LogP contribution in [0, 0.1) is 0 Å². The predicted molar refractivity (Wildman–Crippen MR) is 90.3 cm³/mol. The first-order valence-corrected chi connectivity index (χ1v) is 8.69. The largest absolute Gasteiger partial charge is 0.379 e. The molecule has 7 heteroatoms. The second-order valence-corrected chi connectivity index (χ2v) is 6.84. The van der Waals surface area contributed by atoms with Crippen molar-refractivity contribution >= 4 is 38.9 Å². The van der Waals surface area contributed by atoms with E-state index >= 15 is 0 Å². The first-order chi connectivity index (χ1) is 10.7. The summed E-state index contributed by atoms with van der Waals surface area (Å²) in [5, 5.41) is 5.63. The van der Waals surface area contributed by atoms with E-state index in [4.69, 9.17) is 4.74 Å². The highest BCUT2D eigenvalue weighted by Crippen LogP contribution is 2.18. The summed E-state index contributed by atoms with van der Waals surface area (Å²) in [5.41, 5.74) is 1.22. The van der Waals surface area contributed by atoms with Crippen LogP contribution in [0.2, 0.25) is 0 Å². The van der Waals surface area contributed by atoms with E-state index in [2.05, 4.69) is 31.1 Å². The molecule has 5 nitrogen and oxygen atoms in total. The lowest BCUT2D eigenvalue weighted by atomic mass is 10.3. The van der Waals surface area contributed by atoms with Crippen molar-refractivity contribution in [1.82, 2.24) is 9.88 Å². The fourth-order valence-electron chi connectivity index (χ4n) is 2.20. The molecule has 1 fully saturated rings. The summed E-state index contributed by atoms with van der Waals surface area (Å²) in [7, 11) is 0. The van der Waals surface area contributed by atoms with E-state index in [9.17, 15) is 4.79 Å². The maximum atomic E-state index is 12.2. The van der Waals surface area contributed by atoms with Crippen LogP contribution in [0.1, 0.15) is 15.5 Å². The van der Waals surface area contributed by atoms with Crippen molar-refractivity contribution in [3.8, 4) is 0 Å². The minimum atomic E-state index is -0.178. The Morgan fingerprint density at radius 2 is 2.23 bits per heavy atom. The average Bonchev–Trinajstić information content (AvgIpc) is 2.97. The van der Waals surface area contributed by atoms with Crippen LogP contribution in [0.25, 0.3) is 0 Å². The number of rotatable bonds is 4. The van der Waals surface area contributed by atoms with Crippen LogP contribution in [0.4, 0.5) is 5.69 Å². The number of carbonyl (C=O) groups excluding carboxylic acids is 1. The zero-order valence-electron chi connectivity index (χ0n) is 11.9. The Hall–Kier alpha value is -1.28. The summed E-state index contributed by atoms with van der Waals surface area (Å²) in [5.74, 6) is -0.178. The van der Waals surface area contributed by atoms with E-state index in [0.29, 0.717) is 5.69 Å². The van der Waals surface area contributed by atoms with E-state index < -0.39 is 0 Å². The third-order valence-electron chi connectivity index (χ3n) is 3.33. The first kappa shape index (κ1) is 15.6. The number of thiazole rings is 1. The van der Waals surface area contributed by atoms with Gasteiger partial charge in [0.05, 0.1) is 19.8 Å². The molecule has 2 aromatic rings. The molecule has 1 aromatic heterocycles. The predicted octanol–water partition coefficient (Wildman–Crippen LogP) is 2.99. The Balaban J connectivity index is 1.61. The number of morpholine rings is 1. The van der Waals surface area contributed by atoms with Crippen molar-refractivity contribution < 1.29 is 9.53 Å². The number of ether oxygens (including phenoxy) is 1. The molecule has 0 bridgehead atoms. The van der Waals surface area contributed by atoms with Gasteiger partial charge in [0, 0.05) is 28.6 Å². The molecule has 0 unspecified atom stereocenters. The van der Waals surface area contributed by atoms with Gasteiger partial charge in [-0.2, -0.15) is 0 Å². The normalized spacial score (nSPS) is 15.7. The summed E-state index contributed by atoms with van der Waals surface area (Å²) < 4.78 is 6.26. The standard InChI is InChI=1S/C15H16BrN3O2S/c16-11-2-1-3-12(8-11)17-15(20)13-10-22-14(18-13)9-19-4-6-21-7-5-19/h1-3,8,10H,4-7,9H2,(H,17,20). The quantitative estimate of drug-likeness (QED) is 0.884. The maximum absolute atomic E-state index is 12.2. The molecule has 3 rings (SSSR count). The van der Waals surface area contributed by atoms with Crippen LogP contribution in [0.15, 0.2) is 34.1 Å². The molecule has 0 spiro atoms. The van der Waals surface area contributed by atoms with E-state index in [-0.39, 0.29) is 5.91 Å². The number of aromatic nitrogens is 1. The SMILES string of the molecule is O=C(Nc1cccc(Br)c1)c1csc(CN2CCOCC2)n1. The van der Waals surface area contributed by atoms with Gasteiger partial charge in [-0.1, -0.05) is 22.0 Å². The van der Waals surface area contributed by atoms with Crippen molar-refractivity contribution in [2.24, 2.45) is 0 Å². The molecular weight excluding hydrogens is 366 g/mol. The Kier molecular flexibility index (Phi) is 5.20. The third-order valence-corrected chi connectivity index (χ3v) is 4.66. The van der Waals surface area contributed by atoms with Gasteiger partial charge in [-0.05, 0) is 18.2 Å². The molecule has 1 N–H and O–H groups in total. The van der Waals surface area contributed by atoms with Gasteiger partial charge in [-0.3, -0.25) is 9.69 Å². The van der Waals surface area contributed by atoms with Gasteiger partial charge in [0.15, 0.2) is 0 Å². The fraction of sp³-hybridized carbons (Fsp3) is 0.333. The topological polar surface area (TPSA) is 54.5 Å². The van der Waals surface area contributed by atoms with Crippen molar-refractivity contribution in [2.75, 3.05) is 31.6 Å². The molecule has 0 atom stereocenters. The van der Waals surface area contributed by atoms with E-state index in [1.165, 1.54) is 11.3 Å². The van der Waals surface area contributed by atoms with Crippen LogP contribution >= 0.6 is 27.3 Å². The molecule has 1 aliphatic rings. The van der Waals surface area contributed by atoms with E-state index in [1.54, 1.807) is 0 Å². The number of anilines is 1. The van der Waals surface area contributed by atoms with Crippen LogP contribution in [-0.2, 0) is 11.3 Å². The van der Waals surface area contributed by atoms with Gasteiger partial charge < -0.3 is 10.1 Å². The number of halogens is 1. The van der Waals surface area contributed by atoms with Gasteiger partial charge in [-0.15, -0.1) is 11.3 Å². The van der Waals surface area contributed by atoms with Crippen molar-refractivity contribution in [2.45, 2.75) is 6.54 Å². The molecule has 2 heterocycles. The summed E-state index contributed by atoms with van der Waals surface area (Å²) in [6, 6.07) is 7.51. The number of benzene rings is 1. The molecule has 1 aromatic carbocycles.